The van der Waals surface area contributed by atoms with Crippen molar-refractivity contribution >= 4 is 41.2 Å². The van der Waals surface area contributed by atoms with E-state index in [0.29, 0.717) is 27.9 Å². The third kappa shape index (κ3) is 5.54. The molecule has 2 amide bonds. The maximum atomic E-state index is 11.5. The Morgan fingerprint density at radius 3 is 2.36 bits per heavy atom. The lowest BCUT2D eigenvalue weighted by Crippen LogP contribution is -2.39. The van der Waals surface area contributed by atoms with Gasteiger partial charge in [-0.2, -0.15) is 5.10 Å². The highest BCUT2D eigenvalue weighted by Crippen LogP contribution is 2.33. The van der Waals surface area contributed by atoms with Crippen molar-refractivity contribution in [2.75, 3.05) is 13.7 Å². The smallest absolute Gasteiger partial charge is 0.329 e. The van der Waals surface area contributed by atoms with Gasteiger partial charge in [0.1, 0.15) is 0 Å². The van der Waals surface area contributed by atoms with E-state index in [4.69, 9.17) is 27.9 Å². The van der Waals surface area contributed by atoms with E-state index in [9.17, 15) is 9.59 Å². The molecule has 0 spiro atoms. The first-order valence-electron chi connectivity index (χ1n) is 6.49. The second-order valence-electron chi connectivity index (χ2n) is 4.82. The molecule has 0 atom stereocenters. The van der Waals surface area contributed by atoms with Gasteiger partial charge in [0, 0.05) is 6.54 Å². The minimum atomic E-state index is -0.845. The fourth-order valence-electron chi connectivity index (χ4n) is 1.44. The molecule has 0 aliphatic rings. The summed E-state index contributed by atoms with van der Waals surface area (Å²) < 4.78 is 5.02. The summed E-state index contributed by atoms with van der Waals surface area (Å²) in [6.45, 7) is 4.26. The van der Waals surface area contributed by atoms with Crippen LogP contribution in [0.1, 0.15) is 19.4 Å². The maximum absolute atomic E-state index is 11.5. The van der Waals surface area contributed by atoms with E-state index >= 15 is 0 Å². The summed E-state index contributed by atoms with van der Waals surface area (Å²) in [6, 6.07) is 3.14. The van der Waals surface area contributed by atoms with Gasteiger partial charge in [-0.05, 0) is 23.6 Å². The van der Waals surface area contributed by atoms with Gasteiger partial charge in [-0.1, -0.05) is 37.0 Å². The minimum absolute atomic E-state index is 0.254. The van der Waals surface area contributed by atoms with Crippen LogP contribution in [0.5, 0.6) is 5.75 Å². The fourth-order valence-corrected chi connectivity index (χ4v) is 2.10. The molecule has 8 heteroatoms. The van der Waals surface area contributed by atoms with E-state index in [-0.39, 0.29) is 5.92 Å². The highest BCUT2D eigenvalue weighted by Gasteiger charge is 2.12. The third-order valence-corrected chi connectivity index (χ3v) is 3.04. The number of hydrogen-bond donors (Lipinski definition) is 2. The molecule has 0 unspecified atom stereocenters. The molecule has 0 saturated heterocycles. The van der Waals surface area contributed by atoms with Gasteiger partial charge >= 0.3 is 11.8 Å². The van der Waals surface area contributed by atoms with Crippen LogP contribution in [0.2, 0.25) is 10.0 Å². The van der Waals surface area contributed by atoms with Crippen molar-refractivity contribution in [2.45, 2.75) is 13.8 Å². The average molecular weight is 346 g/mol. The molecule has 0 bridgehead atoms. The lowest BCUT2D eigenvalue weighted by molar-refractivity contribution is -0.139. The molecular weight excluding hydrogens is 329 g/mol. The minimum Gasteiger partial charge on any atom is -0.494 e. The lowest BCUT2D eigenvalue weighted by atomic mass is 10.2. The van der Waals surface area contributed by atoms with Crippen LogP contribution >= 0.6 is 23.2 Å². The van der Waals surface area contributed by atoms with Gasteiger partial charge < -0.3 is 10.1 Å². The topological polar surface area (TPSA) is 79.8 Å². The second-order valence-corrected chi connectivity index (χ2v) is 5.64. The van der Waals surface area contributed by atoms with Crippen LogP contribution in [0.3, 0.4) is 0 Å². The third-order valence-electron chi connectivity index (χ3n) is 2.48. The molecular formula is C14H17Cl2N3O3. The average Bonchev–Trinajstić information content (AvgIpc) is 2.44. The van der Waals surface area contributed by atoms with Crippen LogP contribution in [0, 0.1) is 5.92 Å². The number of carbonyl (C=O) groups excluding carboxylic acids is 2. The molecule has 6 nitrogen and oxygen atoms in total. The van der Waals surface area contributed by atoms with E-state index in [1.807, 2.05) is 13.8 Å². The number of benzene rings is 1. The van der Waals surface area contributed by atoms with Gasteiger partial charge in [-0.15, -0.1) is 0 Å². The number of hydrazone groups is 1. The molecule has 0 radical (unpaired) electrons. The standard InChI is InChI=1S/C14H17Cl2N3O3/c1-8(2)6-17-13(20)14(21)19-18-7-9-4-10(15)12(22-3)11(16)5-9/h4-5,7-8H,6H2,1-3H3,(H,17,20)(H,19,21)/b18-7-. The molecule has 120 valence electrons. The van der Waals surface area contributed by atoms with E-state index in [2.05, 4.69) is 15.8 Å². The number of methoxy groups -OCH3 is 1. The van der Waals surface area contributed by atoms with Gasteiger partial charge in [0.25, 0.3) is 0 Å². The molecule has 0 saturated carbocycles. The molecule has 1 aromatic carbocycles. The Bertz CT molecular complexity index is 566. The van der Waals surface area contributed by atoms with Crippen LogP contribution in [0.15, 0.2) is 17.2 Å². The lowest BCUT2D eigenvalue weighted by Gasteiger charge is -2.07. The zero-order chi connectivity index (χ0) is 16.7. The highest BCUT2D eigenvalue weighted by atomic mass is 35.5. The Morgan fingerprint density at radius 2 is 1.86 bits per heavy atom. The summed E-state index contributed by atoms with van der Waals surface area (Å²) in [5.74, 6) is -0.972. The molecule has 0 heterocycles. The van der Waals surface area contributed by atoms with Crippen molar-refractivity contribution < 1.29 is 14.3 Å². The molecule has 2 N–H and O–H groups in total. The van der Waals surface area contributed by atoms with E-state index in [1.165, 1.54) is 13.3 Å². The van der Waals surface area contributed by atoms with Crippen LogP contribution < -0.4 is 15.5 Å². The fraction of sp³-hybridized carbons (Fsp3) is 0.357. The molecule has 1 rings (SSSR count). The molecule has 22 heavy (non-hydrogen) atoms. The maximum Gasteiger partial charge on any atom is 0.329 e. The molecule has 0 aliphatic heterocycles. The Balaban J connectivity index is 2.62. The summed E-state index contributed by atoms with van der Waals surface area (Å²) in [7, 11) is 1.46. The zero-order valence-corrected chi connectivity index (χ0v) is 14.0. The Kier molecular flexibility index (Phi) is 7.14. The number of halogens is 2. The SMILES string of the molecule is COc1c(Cl)cc(/C=N\NC(=O)C(=O)NCC(C)C)cc1Cl. The highest BCUT2D eigenvalue weighted by molar-refractivity contribution is 6.37. The summed E-state index contributed by atoms with van der Waals surface area (Å²) in [5, 5.41) is 6.80. The largest absolute Gasteiger partial charge is 0.494 e. The van der Waals surface area contributed by atoms with Crippen molar-refractivity contribution in [1.82, 2.24) is 10.7 Å². The number of ether oxygens (including phenoxy) is 1. The first kappa shape index (κ1) is 18.3. The number of nitrogens with one attached hydrogen (secondary N) is 2. The first-order chi connectivity index (χ1) is 10.3. The first-order valence-corrected chi connectivity index (χ1v) is 7.25. The molecule has 1 aromatic rings. The van der Waals surface area contributed by atoms with Crippen molar-refractivity contribution in [3.8, 4) is 5.75 Å². The number of hydrogen-bond acceptors (Lipinski definition) is 4. The number of carbonyl (C=O) groups is 2. The van der Waals surface area contributed by atoms with Crippen molar-refractivity contribution in [1.29, 1.82) is 0 Å². The van der Waals surface area contributed by atoms with Crippen molar-refractivity contribution in [3.05, 3.63) is 27.7 Å². The summed E-state index contributed by atoms with van der Waals surface area (Å²) in [5.41, 5.74) is 2.68. The second kappa shape index (κ2) is 8.60. The number of nitrogens with zero attached hydrogens (tertiary/aromatic N) is 1. The van der Waals surface area contributed by atoms with Gasteiger partial charge in [-0.25, -0.2) is 5.43 Å². The summed E-state index contributed by atoms with van der Waals surface area (Å²) in [4.78, 5) is 22.9. The number of rotatable bonds is 5. The molecule has 0 aromatic heterocycles. The van der Waals surface area contributed by atoms with Crippen LogP contribution in [-0.4, -0.2) is 31.7 Å². The van der Waals surface area contributed by atoms with Gasteiger partial charge in [0.05, 0.1) is 23.4 Å². The van der Waals surface area contributed by atoms with Crippen molar-refractivity contribution in [2.24, 2.45) is 11.0 Å². The van der Waals surface area contributed by atoms with Crippen LogP contribution in [0.4, 0.5) is 0 Å². The monoisotopic (exact) mass is 345 g/mol. The molecule has 0 fully saturated rings. The van der Waals surface area contributed by atoms with Gasteiger partial charge in [-0.3, -0.25) is 9.59 Å². The van der Waals surface area contributed by atoms with Crippen LogP contribution in [0.25, 0.3) is 0 Å². The van der Waals surface area contributed by atoms with Gasteiger partial charge in [0.2, 0.25) is 0 Å². The Morgan fingerprint density at radius 1 is 1.27 bits per heavy atom. The molecule has 0 aliphatic carbocycles. The van der Waals surface area contributed by atoms with Crippen LogP contribution in [-0.2, 0) is 9.59 Å². The summed E-state index contributed by atoms with van der Waals surface area (Å²) >= 11 is 12.0. The van der Waals surface area contributed by atoms with Gasteiger partial charge in [0.15, 0.2) is 5.75 Å². The van der Waals surface area contributed by atoms with E-state index in [0.717, 1.165) is 0 Å². The zero-order valence-electron chi connectivity index (χ0n) is 12.4. The normalized spacial score (nSPS) is 10.8. The quantitative estimate of drug-likeness (QED) is 0.487. The van der Waals surface area contributed by atoms with Crippen molar-refractivity contribution in [3.63, 3.8) is 0 Å². The van der Waals surface area contributed by atoms with E-state index in [1.54, 1.807) is 12.1 Å². The van der Waals surface area contributed by atoms with E-state index < -0.39 is 11.8 Å². The Hall–Kier alpha value is -1.79. The number of amides is 2. The summed E-state index contributed by atoms with van der Waals surface area (Å²) in [6.07, 6.45) is 1.32. The Labute approximate surface area is 138 Å². The predicted molar refractivity (Wildman–Crippen MR) is 86.6 cm³/mol. The predicted octanol–water partition coefficient (Wildman–Crippen LogP) is 2.22.